The van der Waals surface area contributed by atoms with Crippen molar-refractivity contribution < 1.29 is 41.0 Å². The lowest BCUT2D eigenvalue weighted by atomic mass is 10.0. The Kier molecular flexibility index (Phi) is 6.59. The van der Waals surface area contributed by atoms with Crippen LogP contribution in [0.2, 0.25) is 0 Å². The Morgan fingerprint density at radius 1 is 1.14 bits per heavy atom. The Bertz CT molecular complexity index is 712. The summed E-state index contributed by atoms with van der Waals surface area (Å²) in [6.07, 6.45) is -9.85. The van der Waals surface area contributed by atoms with Gasteiger partial charge in [-0.05, 0) is 50.5 Å². The van der Waals surface area contributed by atoms with E-state index in [9.17, 15) is 36.2 Å². The fraction of sp³-hybridized carbons (Fsp3) is 0.632. The molecule has 1 aromatic carbocycles. The molecule has 1 fully saturated rings. The average Bonchev–Trinajstić information content (AvgIpc) is 2.98. The van der Waals surface area contributed by atoms with Gasteiger partial charge in [-0.3, -0.25) is 4.79 Å². The number of hydrogen-bond donors (Lipinski definition) is 1. The maximum Gasteiger partial charge on any atom is 0.416 e. The number of carbonyl (C=O) groups is 1. The fourth-order valence-corrected chi connectivity index (χ4v) is 3.16. The third-order valence-electron chi connectivity index (χ3n) is 5.08. The topological polar surface area (TPSA) is 49.8 Å². The molecule has 1 amide bonds. The summed E-state index contributed by atoms with van der Waals surface area (Å²) in [4.78, 5) is 13.8. The second-order valence-electron chi connectivity index (χ2n) is 7.52. The summed E-state index contributed by atoms with van der Waals surface area (Å²) in [5.74, 6) is -0.489. The summed E-state index contributed by atoms with van der Waals surface area (Å²) in [6.45, 7) is 4.41. The molecule has 3 unspecified atom stereocenters. The van der Waals surface area contributed by atoms with E-state index in [0.717, 1.165) is 0 Å². The molecule has 164 valence electrons. The monoisotopic (exact) mass is 427 g/mol. The molecule has 29 heavy (non-hydrogen) atoms. The van der Waals surface area contributed by atoms with Gasteiger partial charge >= 0.3 is 12.4 Å². The Labute approximate surface area is 164 Å². The number of halogens is 6. The van der Waals surface area contributed by atoms with Gasteiger partial charge in [0.25, 0.3) is 5.91 Å². The zero-order chi connectivity index (χ0) is 22.2. The van der Waals surface area contributed by atoms with Gasteiger partial charge in [0.05, 0.1) is 23.8 Å². The van der Waals surface area contributed by atoms with Crippen molar-refractivity contribution in [2.75, 3.05) is 6.54 Å². The average molecular weight is 427 g/mol. The molecule has 1 aromatic rings. The predicted octanol–water partition coefficient (Wildman–Crippen LogP) is 4.39. The van der Waals surface area contributed by atoms with Crippen molar-refractivity contribution in [1.29, 1.82) is 0 Å². The molecule has 1 heterocycles. The largest absolute Gasteiger partial charge is 0.416 e. The van der Waals surface area contributed by atoms with Crippen LogP contribution < -0.4 is 0 Å². The second kappa shape index (κ2) is 8.14. The molecule has 0 bridgehead atoms. The fourth-order valence-electron chi connectivity index (χ4n) is 3.16. The van der Waals surface area contributed by atoms with E-state index in [0.29, 0.717) is 18.6 Å². The first-order valence-corrected chi connectivity index (χ1v) is 9.08. The molecule has 0 saturated carbocycles. The first kappa shape index (κ1) is 23.5. The zero-order valence-corrected chi connectivity index (χ0v) is 16.2. The molecule has 0 radical (unpaired) electrons. The van der Waals surface area contributed by atoms with Gasteiger partial charge in [-0.2, -0.15) is 26.3 Å². The third-order valence-corrected chi connectivity index (χ3v) is 5.08. The van der Waals surface area contributed by atoms with Gasteiger partial charge in [0, 0.05) is 12.6 Å². The normalized spacial score (nSPS) is 22.6. The molecular weight excluding hydrogens is 404 g/mol. The van der Waals surface area contributed by atoms with E-state index in [-0.39, 0.29) is 30.6 Å². The Balaban J connectivity index is 2.13. The van der Waals surface area contributed by atoms with Crippen LogP contribution in [0.15, 0.2) is 18.2 Å². The van der Waals surface area contributed by atoms with Crippen LogP contribution in [0.5, 0.6) is 0 Å². The lowest BCUT2D eigenvalue weighted by Crippen LogP contribution is -2.48. The van der Waals surface area contributed by atoms with E-state index < -0.39 is 47.7 Å². The Hall–Kier alpha value is -1.81. The van der Waals surface area contributed by atoms with E-state index in [1.807, 2.05) is 0 Å². The van der Waals surface area contributed by atoms with E-state index in [4.69, 9.17) is 4.74 Å². The van der Waals surface area contributed by atoms with Crippen LogP contribution in [0.25, 0.3) is 0 Å². The molecule has 0 aromatic heterocycles. The third kappa shape index (κ3) is 5.63. The number of ether oxygens (including phenoxy) is 1. The quantitative estimate of drug-likeness (QED) is 0.710. The number of nitrogens with zero attached hydrogens (tertiary/aromatic N) is 1. The number of benzene rings is 1. The lowest BCUT2D eigenvalue weighted by Gasteiger charge is -2.29. The summed E-state index contributed by atoms with van der Waals surface area (Å²) < 4.78 is 83.1. The highest BCUT2D eigenvalue weighted by atomic mass is 19.4. The van der Waals surface area contributed by atoms with Gasteiger partial charge in [0.15, 0.2) is 0 Å². The predicted molar refractivity (Wildman–Crippen MR) is 91.7 cm³/mol. The van der Waals surface area contributed by atoms with Crippen molar-refractivity contribution in [2.45, 2.75) is 70.3 Å². The van der Waals surface area contributed by atoms with E-state index in [1.54, 1.807) is 13.8 Å². The van der Waals surface area contributed by atoms with E-state index >= 15 is 0 Å². The van der Waals surface area contributed by atoms with Crippen molar-refractivity contribution in [1.82, 2.24) is 4.90 Å². The first-order valence-electron chi connectivity index (χ1n) is 9.08. The number of alkyl halides is 6. The molecule has 1 aliphatic heterocycles. The molecule has 0 aliphatic carbocycles. The number of likely N-dealkylation sites (tertiary alicyclic amines) is 1. The van der Waals surface area contributed by atoms with Crippen molar-refractivity contribution in [3.05, 3.63) is 34.9 Å². The highest BCUT2D eigenvalue weighted by molar-refractivity contribution is 5.85. The Morgan fingerprint density at radius 2 is 1.66 bits per heavy atom. The molecular formula is C19H23F6NO3. The van der Waals surface area contributed by atoms with Crippen LogP contribution in [0, 0.1) is 0 Å². The standard InChI is InChI=1S/C19H23F6NO3/c1-4-17(3,28)16(27)26-9-15(5-11(26)2)29-10-12-6-13(18(20,21)22)8-14(7-12)19(23,24)25/h6-8,11,15,28H,4-5,9-10H2,1-3H3. The van der Waals surface area contributed by atoms with Crippen molar-refractivity contribution >= 4 is 5.91 Å². The van der Waals surface area contributed by atoms with Crippen LogP contribution >= 0.6 is 0 Å². The van der Waals surface area contributed by atoms with Gasteiger partial charge in [0.1, 0.15) is 5.60 Å². The smallest absolute Gasteiger partial charge is 0.380 e. The van der Waals surface area contributed by atoms with Crippen molar-refractivity contribution in [3.8, 4) is 0 Å². The van der Waals surface area contributed by atoms with Crippen molar-refractivity contribution in [3.63, 3.8) is 0 Å². The molecule has 2 rings (SSSR count). The van der Waals surface area contributed by atoms with Crippen LogP contribution in [0.3, 0.4) is 0 Å². The highest BCUT2D eigenvalue weighted by Crippen LogP contribution is 2.36. The van der Waals surface area contributed by atoms with Crippen LogP contribution in [-0.2, 0) is 28.5 Å². The maximum atomic E-state index is 12.9. The van der Waals surface area contributed by atoms with Gasteiger partial charge in [-0.1, -0.05) is 6.92 Å². The minimum atomic E-state index is -4.92. The second-order valence-corrected chi connectivity index (χ2v) is 7.52. The van der Waals surface area contributed by atoms with Crippen LogP contribution in [0.1, 0.15) is 50.3 Å². The number of carbonyl (C=O) groups excluding carboxylic acids is 1. The SMILES string of the molecule is CCC(C)(O)C(=O)N1CC(OCc2cc(C(F)(F)F)cc(C(F)(F)F)c2)CC1C. The first-order chi connectivity index (χ1) is 13.1. The van der Waals surface area contributed by atoms with Crippen LogP contribution in [0.4, 0.5) is 26.3 Å². The summed E-state index contributed by atoms with van der Waals surface area (Å²) in [6, 6.07) is 1.03. The maximum absolute atomic E-state index is 12.9. The van der Waals surface area contributed by atoms with E-state index in [1.165, 1.54) is 11.8 Å². The Morgan fingerprint density at radius 3 is 2.10 bits per heavy atom. The summed E-state index contributed by atoms with van der Waals surface area (Å²) in [5.41, 5.74) is -4.61. The van der Waals surface area contributed by atoms with Gasteiger partial charge in [-0.15, -0.1) is 0 Å². The van der Waals surface area contributed by atoms with Crippen molar-refractivity contribution in [2.24, 2.45) is 0 Å². The molecule has 4 nitrogen and oxygen atoms in total. The molecule has 1 N–H and O–H groups in total. The number of rotatable bonds is 5. The summed E-state index contributed by atoms with van der Waals surface area (Å²) in [7, 11) is 0. The molecule has 3 atom stereocenters. The van der Waals surface area contributed by atoms with Crippen LogP contribution in [-0.4, -0.2) is 40.2 Å². The number of hydrogen-bond acceptors (Lipinski definition) is 3. The van der Waals surface area contributed by atoms with E-state index in [2.05, 4.69) is 0 Å². The molecule has 1 saturated heterocycles. The highest BCUT2D eigenvalue weighted by Gasteiger charge is 2.41. The zero-order valence-electron chi connectivity index (χ0n) is 16.2. The van der Waals surface area contributed by atoms with Gasteiger partial charge in [-0.25, -0.2) is 0 Å². The minimum absolute atomic E-state index is 0.0639. The lowest BCUT2D eigenvalue weighted by molar-refractivity contribution is -0.151. The number of aliphatic hydroxyl groups is 1. The molecule has 1 aliphatic rings. The minimum Gasteiger partial charge on any atom is -0.380 e. The molecule has 10 heteroatoms. The van der Waals surface area contributed by atoms with Gasteiger partial charge in [0.2, 0.25) is 0 Å². The summed E-state index contributed by atoms with van der Waals surface area (Å²) >= 11 is 0. The van der Waals surface area contributed by atoms with Gasteiger partial charge < -0.3 is 14.7 Å². The number of amides is 1. The summed E-state index contributed by atoms with van der Waals surface area (Å²) in [5, 5.41) is 10.1. The molecule has 0 spiro atoms.